The maximum Gasteiger partial charge on any atom is 0.225 e. The number of hydrogen-bond donors (Lipinski definition) is 1. The molecule has 0 bridgehead atoms. The summed E-state index contributed by atoms with van der Waals surface area (Å²) >= 11 is 7.44. The molecule has 0 radical (unpaired) electrons. The largest absolute Gasteiger partial charge is 0.349 e. The Morgan fingerprint density at radius 1 is 1.40 bits per heavy atom. The van der Waals surface area contributed by atoms with Crippen molar-refractivity contribution in [3.05, 3.63) is 50.9 Å². The van der Waals surface area contributed by atoms with E-state index in [9.17, 15) is 9.59 Å². The number of nitrogens with zero attached hydrogens (tertiary/aromatic N) is 2. The fraction of sp³-hybridized carbons (Fsp3) is 0.389. The number of amides is 2. The molecule has 0 saturated carbocycles. The normalized spacial score (nSPS) is 17.6. The molecule has 0 unspecified atom stereocenters. The number of hydrogen-bond acceptors (Lipinski definition) is 4. The van der Waals surface area contributed by atoms with Crippen molar-refractivity contribution in [2.24, 2.45) is 5.92 Å². The van der Waals surface area contributed by atoms with Crippen LogP contribution < -0.4 is 5.32 Å². The Bertz CT molecular complexity index is 760. The molecule has 5 nitrogen and oxygen atoms in total. The van der Waals surface area contributed by atoms with Crippen LogP contribution in [0.5, 0.6) is 0 Å². The molecule has 1 aromatic carbocycles. The molecule has 1 N–H and O–H groups in total. The van der Waals surface area contributed by atoms with Gasteiger partial charge >= 0.3 is 0 Å². The van der Waals surface area contributed by atoms with E-state index in [1.165, 1.54) is 0 Å². The molecule has 0 aliphatic carbocycles. The van der Waals surface area contributed by atoms with Crippen LogP contribution in [-0.2, 0) is 22.7 Å². The lowest BCUT2D eigenvalue weighted by Gasteiger charge is -2.32. The molecule has 1 saturated heterocycles. The van der Waals surface area contributed by atoms with Crippen LogP contribution in [-0.4, -0.2) is 28.2 Å². The first kappa shape index (κ1) is 17.9. The van der Waals surface area contributed by atoms with Gasteiger partial charge in [-0.2, -0.15) is 0 Å². The SMILES string of the molecule is Cc1csc(CNC(=O)[C@H]2CCC(=O)N(Cc3ccc(Cl)cc3)C2)n1. The second-order valence-electron chi connectivity index (χ2n) is 6.24. The minimum absolute atomic E-state index is 0.0125. The number of thiazole rings is 1. The van der Waals surface area contributed by atoms with E-state index < -0.39 is 0 Å². The first-order chi connectivity index (χ1) is 12.0. The summed E-state index contributed by atoms with van der Waals surface area (Å²) < 4.78 is 0. The van der Waals surface area contributed by atoms with Gasteiger partial charge in [0, 0.05) is 35.6 Å². The molecule has 1 atom stereocenters. The highest BCUT2D eigenvalue weighted by atomic mass is 35.5. The van der Waals surface area contributed by atoms with E-state index in [0.717, 1.165) is 16.3 Å². The van der Waals surface area contributed by atoms with E-state index >= 15 is 0 Å². The maximum absolute atomic E-state index is 12.4. The maximum atomic E-state index is 12.4. The Morgan fingerprint density at radius 2 is 2.16 bits per heavy atom. The molecule has 3 rings (SSSR count). The van der Waals surface area contributed by atoms with Gasteiger partial charge in [0.15, 0.2) is 0 Å². The number of likely N-dealkylation sites (tertiary alicyclic amines) is 1. The number of halogens is 1. The minimum Gasteiger partial charge on any atom is -0.349 e. The summed E-state index contributed by atoms with van der Waals surface area (Å²) in [6, 6.07) is 7.44. The topological polar surface area (TPSA) is 62.3 Å². The Labute approximate surface area is 156 Å². The fourth-order valence-corrected chi connectivity index (χ4v) is 3.72. The lowest BCUT2D eigenvalue weighted by Crippen LogP contribution is -2.45. The van der Waals surface area contributed by atoms with Crippen molar-refractivity contribution in [3.8, 4) is 0 Å². The first-order valence-corrected chi connectivity index (χ1v) is 9.48. The summed E-state index contributed by atoms with van der Waals surface area (Å²) in [5.41, 5.74) is 1.98. The molecule has 25 heavy (non-hydrogen) atoms. The molecule has 7 heteroatoms. The van der Waals surface area contributed by atoms with Crippen molar-refractivity contribution in [3.63, 3.8) is 0 Å². The predicted molar refractivity (Wildman–Crippen MR) is 98.3 cm³/mol. The second kappa shape index (κ2) is 7.97. The summed E-state index contributed by atoms with van der Waals surface area (Å²) in [5.74, 6) is -0.0953. The van der Waals surface area contributed by atoms with Crippen LogP contribution >= 0.6 is 22.9 Å². The Hall–Kier alpha value is -1.92. The van der Waals surface area contributed by atoms with Crippen molar-refractivity contribution in [2.75, 3.05) is 6.54 Å². The zero-order chi connectivity index (χ0) is 17.8. The first-order valence-electron chi connectivity index (χ1n) is 8.22. The van der Waals surface area contributed by atoms with Crippen LogP contribution in [0.3, 0.4) is 0 Å². The van der Waals surface area contributed by atoms with Gasteiger partial charge in [-0.1, -0.05) is 23.7 Å². The van der Waals surface area contributed by atoms with Crippen molar-refractivity contribution < 1.29 is 9.59 Å². The van der Waals surface area contributed by atoms with Crippen LogP contribution in [0.25, 0.3) is 0 Å². The molecule has 132 valence electrons. The average molecular weight is 378 g/mol. The monoisotopic (exact) mass is 377 g/mol. The number of carbonyl (C=O) groups excluding carboxylic acids is 2. The fourth-order valence-electron chi connectivity index (χ4n) is 2.88. The van der Waals surface area contributed by atoms with E-state index in [2.05, 4.69) is 10.3 Å². The zero-order valence-corrected chi connectivity index (χ0v) is 15.6. The van der Waals surface area contributed by atoms with Crippen LogP contribution in [0.15, 0.2) is 29.6 Å². The van der Waals surface area contributed by atoms with Gasteiger partial charge < -0.3 is 10.2 Å². The van der Waals surface area contributed by atoms with Gasteiger partial charge in [-0.25, -0.2) is 4.98 Å². The Morgan fingerprint density at radius 3 is 2.84 bits per heavy atom. The molecule has 2 heterocycles. The van der Waals surface area contributed by atoms with Crippen LogP contribution in [0.1, 0.15) is 29.1 Å². The van der Waals surface area contributed by atoms with Gasteiger partial charge in [0.2, 0.25) is 11.8 Å². The second-order valence-corrected chi connectivity index (χ2v) is 7.62. The molecule has 1 aliphatic heterocycles. The number of rotatable bonds is 5. The molecule has 1 aromatic heterocycles. The summed E-state index contributed by atoms with van der Waals surface area (Å²) in [5, 5.41) is 6.48. The number of nitrogens with one attached hydrogen (secondary N) is 1. The molecule has 1 fully saturated rings. The minimum atomic E-state index is -0.175. The quantitative estimate of drug-likeness (QED) is 0.870. The van der Waals surface area contributed by atoms with Gasteiger partial charge in [-0.05, 0) is 31.0 Å². The highest BCUT2D eigenvalue weighted by molar-refractivity contribution is 7.09. The number of piperidine rings is 1. The van der Waals surface area contributed by atoms with Gasteiger partial charge in [-0.15, -0.1) is 11.3 Å². The summed E-state index contributed by atoms with van der Waals surface area (Å²) in [7, 11) is 0. The number of aryl methyl sites for hydroxylation is 1. The third kappa shape index (κ3) is 4.80. The van der Waals surface area contributed by atoms with Crippen molar-refractivity contribution in [2.45, 2.75) is 32.9 Å². The van der Waals surface area contributed by atoms with Gasteiger partial charge in [-0.3, -0.25) is 9.59 Å². The van der Waals surface area contributed by atoms with Gasteiger partial charge in [0.05, 0.1) is 12.5 Å². The summed E-state index contributed by atoms with van der Waals surface area (Å²) in [4.78, 5) is 30.7. The van der Waals surface area contributed by atoms with Gasteiger partial charge in [0.1, 0.15) is 5.01 Å². The third-order valence-electron chi connectivity index (χ3n) is 4.24. The van der Waals surface area contributed by atoms with E-state index in [1.807, 2.05) is 36.6 Å². The van der Waals surface area contributed by atoms with Crippen LogP contribution in [0, 0.1) is 12.8 Å². The lowest BCUT2D eigenvalue weighted by molar-refractivity contribution is -0.138. The molecule has 2 amide bonds. The van der Waals surface area contributed by atoms with E-state index in [-0.39, 0.29) is 17.7 Å². The zero-order valence-electron chi connectivity index (χ0n) is 14.0. The molecule has 2 aromatic rings. The van der Waals surface area contributed by atoms with Crippen molar-refractivity contribution in [1.82, 2.24) is 15.2 Å². The van der Waals surface area contributed by atoms with Gasteiger partial charge in [0.25, 0.3) is 0 Å². The highest BCUT2D eigenvalue weighted by Crippen LogP contribution is 2.21. The number of carbonyl (C=O) groups is 2. The highest BCUT2D eigenvalue weighted by Gasteiger charge is 2.30. The van der Waals surface area contributed by atoms with Crippen LogP contribution in [0.2, 0.25) is 5.02 Å². The van der Waals surface area contributed by atoms with E-state index in [4.69, 9.17) is 11.6 Å². The van der Waals surface area contributed by atoms with Crippen molar-refractivity contribution >= 4 is 34.8 Å². The molecule has 1 aliphatic rings. The standard InChI is InChI=1S/C18H20ClN3O2S/c1-12-11-25-16(21-12)8-20-18(24)14-4-7-17(23)22(10-14)9-13-2-5-15(19)6-3-13/h2-3,5-6,11,14H,4,7-10H2,1H3,(H,20,24)/t14-/m0/s1. The molecular formula is C18H20ClN3O2S. The molecular weight excluding hydrogens is 358 g/mol. The summed E-state index contributed by atoms with van der Waals surface area (Å²) in [6.45, 7) is 3.33. The lowest BCUT2D eigenvalue weighted by atomic mass is 9.96. The number of aromatic nitrogens is 1. The predicted octanol–water partition coefficient (Wildman–Crippen LogP) is 3.16. The van der Waals surface area contributed by atoms with E-state index in [0.29, 0.717) is 37.5 Å². The smallest absolute Gasteiger partial charge is 0.225 e. The van der Waals surface area contributed by atoms with Crippen molar-refractivity contribution in [1.29, 1.82) is 0 Å². The average Bonchev–Trinajstić information content (AvgIpc) is 3.02. The Kier molecular flexibility index (Phi) is 5.71. The third-order valence-corrected chi connectivity index (χ3v) is 5.46. The van der Waals surface area contributed by atoms with Crippen LogP contribution in [0.4, 0.5) is 0 Å². The summed E-state index contributed by atoms with van der Waals surface area (Å²) in [6.07, 6.45) is 1.00. The van der Waals surface area contributed by atoms with E-state index in [1.54, 1.807) is 16.2 Å². The number of benzene rings is 1. The molecule has 0 spiro atoms. The Balaban J connectivity index is 1.56.